The third-order valence-corrected chi connectivity index (χ3v) is 6.36. The van der Waals surface area contributed by atoms with Crippen molar-refractivity contribution in [2.75, 3.05) is 5.43 Å². The normalized spacial score (nSPS) is 15.0. The molecule has 29 heavy (non-hydrogen) atoms. The number of fused-ring (bicyclic) bond motifs is 2. The molecule has 0 radical (unpaired) electrons. The van der Waals surface area contributed by atoms with Crippen LogP contribution in [0.1, 0.15) is 11.1 Å². The molecule has 1 aliphatic heterocycles. The van der Waals surface area contributed by atoms with E-state index in [2.05, 4.69) is 10.4 Å². The van der Waals surface area contributed by atoms with Gasteiger partial charge in [0.15, 0.2) is 9.90 Å². The molecule has 7 heteroatoms. The molecule has 0 bridgehead atoms. The molecule has 1 amide bonds. The second-order valence-electron chi connectivity index (χ2n) is 6.65. The monoisotopic (exact) mass is 403 g/mol. The van der Waals surface area contributed by atoms with Gasteiger partial charge >= 0.3 is 0 Å². The highest BCUT2D eigenvalue weighted by atomic mass is 32.2. The van der Waals surface area contributed by atoms with Gasteiger partial charge < -0.3 is 0 Å². The Bertz CT molecular complexity index is 1270. The molecular formula is C22H14FN3O2S. The fourth-order valence-corrected chi connectivity index (χ4v) is 4.84. The van der Waals surface area contributed by atoms with Gasteiger partial charge in [-0.05, 0) is 29.3 Å². The Morgan fingerprint density at radius 1 is 0.897 bits per heavy atom. The van der Waals surface area contributed by atoms with E-state index in [-0.39, 0.29) is 11.3 Å². The summed E-state index contributed by atoms with van der Waals surface area (Å²) in [5.74, 6) is -0.901. The van der Waals surface area contributed by atoms with E-state index in [0.29, 0.717) is 10.7 Å². The maximum Gasteiger partial charge on any atom is 0.281 e. The molecule has 0 atom stereocenters. The molecule has 4 aromatic rings. The summed E-state index contributed by atoms with van der Waals surface area (Å²) in [7, 11) is 0. The van der Waals surface area contributed by atoms with Crippen LogP contribution >= 0.6 is 11.8 Å². The van der Waals surface area contributed by atoms with Crippen LogP contribution in [-0.2, 0) is 9.54 Å². The summed E-state index contributed by atoms with van der Waals surface area (Å²) >= 11 is 1.20. The van der Waals surface area contributed by atoms with Crippen LogP contribution in [0.25, 0.3) is 10.9 Å². The number of carbonyl (C=O) groups excluding carboxylic acids is 1. The maximum absolute atomic E-state index is 13.6. The first-order chi connectivity index (χ1) is 14.1. The number of hydrogen-bond donors (Lipinski definition) is 1. The number of benzene rings is 3. The van der Waals surface area contributed by atoms with E-state index in [4.69, 9.17) is 0 Å². The molecule has 0 saturated heterocycles. The zero-order chi connectivity index (χ0) is 20.0. The van der Waals surface area contributed by atoms with Crippen molar-refractivity contribution < 1.29 is 9.18 Å². The molecule has 1 aliphatic rings. The molecule has 5 rings (SSSR count). The van der Waals surface area contributed by atoms with Crippen molar-refractivity contribution in [2.24, 2.45) is 0 Å². The Morgan fingerprint density at radius 2 is 1.52 bits per heavy atom. The molecule has 0 spiro atoms. The summed E-state index contributed by atoms with van der Waals surface area (Å²) in [5, 5.41) is 0.447. The van der Waals surface area contributed by atoms with Gasteiger partial charge in [-0.2, -0.15) is 4.68 Å². The molecule has 0 unspecified atom stereocenters. The van der Waals surface area contributed by atoms with Gasteiger partial charge in [-0.1, -0.05) is 72.4 Å². The minimum absolute atomic E-state index is 0.113. The summed E-state index contributed by atoms with van der Waals surface area (Å²) in [6, 6.07) is 22.6. The molecule has 5 nitrogen and oxygen atoms in total. The lowest BCUT2D eigenvalue weighted by Gasteiger charge is -2.36. The fraction of sp³-hybridized carbons (Fsp3) is 0.0455. The van der Waals surface area contributed by atoms with Gasteiger partial charge in [-0.15, -0.1) is 0 Å². The average Bonchev–Trinajstić information content (AvgIpc) is 2.76. The van der Waals surface area contributed by atoms with Crippen molar-refractivity contribution >= 4 is 28.6 Å². The minimum Gasteiger partial charge on any atom is -0.271 e. The Kier molecular flexibility index (Phi) is 3.99. The third kappa shape index (κ3) is 2.66. The largest absolute Gasteiger partial charge is 0.281 e. The molecule has 0 saturated carbocycles. The van der Waals surface area contributed by atoms with Gasteiger partial charge in [0, 0.05) is 0 Å². The average molecular weight is 403 g/mol. The van der Waals surface area contributed by atoms with Crippen molar-refractivity contribution in [3.63, 3.8) is 0 Å². The van der Waals surface area contributed by atoms with Crippen LogP contribution in [-0.4, -0.2) is 15.6 Å². The van der Waals surface area contributed by atoms with Crippen LogP contribution < -0.4 is 11.0 Å². The lowest BCUT2D eigenvalue weighted by molar-refractivity contribution is -0.119. The Balaban J connectivity index is 1.79. The number of nitrogens with one attached hydrogen (secondary N) is 1. The number of nitrogens with zero attached hydrogens (tertiary/aromatic N) is 2. The number of rotatable bonds is 2. The van der Waals surface area contributed by atoms with Crippen LogP contribution in [0.2, 0.25) is 0 Å². The molecule has 0 fully saturated rings. The summed E-state index contributed by atoms with van der Waals surface area (Å²) in [6.07, 6.45) is 0. The van der Waals surface area contributed by atoms with Gasteiger partial charge in [-0.25, -0.2) is 9.37 Å². The second kappa shape index (κ2) is 6.56. The van der Waals surface area contributed by atoms with Crippen LogP contribution in [0.3, 0.4) is 0 Å². The molecule has 3 aromatic carbocycles. The molecule has 1 N–H and O–H groups in total. The fourth-order valence-electron chi connectivity index (χ4n) is 3.56. The number of halogens is 1. The van der Waals surface area contributed by atoms with Crippen molar-refractivity contribution in [1.29, 1.82) is 0 Å². The SMILES string of the molecule is O=C1Nn2c(nc3ccc(F)cc3c2=O)SC1(c1ccccc1)c1ccccc1. The highest BCUT2D eigenvalue weighted by Crippen LogP contribution is 2.48. The van der Waals surface area contributed by atoms with E-state index in [0.717, 1.165) is 21.9 Å². The van der Waals surface area contributed by atoms with Crippen LogP contribution in [0.4, 0.5) is 4.39 Å². The van der Waals surface area contributed by atoms with Gasteiger partial charge in [-0.3, -0.25) is 15.0 Å². The lowest BCUT2D eigenvalue weighted by Crippen LogP contribution is -2.49. The molecular weight excluding hydrogens is 389 g/mol. The quantitative estimate of drug-likeness (QED) is 0.519. The Morgan fingerprint density at radius 3 is 2.14 bits per heavy atom. The number of aromatic nitrogens is 2. The predicted molar refractivity (Wildman–Crippen MR) is 110 cm³/mol. The zero-order valence-corrected chi connectivity index (χ0v) is 15.8. The Labute approximate surface area is 169 Å². The second-order valence-corrected chi connectivity index (χ2v) is 7.83. The number of thioether (sulfide) groups is 1. The Hall–Kier alpha value is -3.45. The summed E-state index contributed by atoms with van der Waals surface area (Å²) in [4.78, 5) is 30.9. The van der Waals surface area contributed by atoms with Gasteiger partial charge in [0.05, 0.1) is 10.9 Å². The van der Waals surface area contributed by atoms with Crippen molar-refractivity contribution in [3.8, 4) is 0 Å². The van der Waals surface area contributed by atoms with E-state index < -0.39 is 16.1 Å². The first kappa shape index (κ1) is 17.6. The van der Waals surface area contributed by atoms with Crippen molar-refractivity contribution in [2.45, 2.75) is 9.90 Å². The predicted octanol–water partition coefficient (Wildman–Crippen LogP) is 3.66. The minimum atomic E-state index is -1.12. The topological polar surface area (TPSA) is 64.0 Å². The van der Waals surface area contributed by atoms with Gasteiger partial charge in [0.2, 0.25) is 0 Å². The number of hydrogen-bond acceptors (Lipinski definition) is 4. The van der Waals surface area contributed by atoms with Crippen molar-refractivity contribution in [1.82, 2.24) is 9.66 Å². The van der Waals surface area contributed by atoms with E-state index in [1.54, 1.807) is 0 Å². The van der Waals surface area contributed by atoms with E-state index >= 15 is 0 Å². The lowest BCUT2D eigenvalue weighted by atomic mass is 9.89. The van der Waals surface area contributed by atoms with E-state index in [1.165, 1.54) is 23.9 Å². The van der Waals surface area contributed by atoms with Crippen molar-refractivity contribution in [3.05, 3.63) is 106 Å². The van der Waals surface area contributed by atoms with Crippen LogP contribution in [0, 0.1) is 5.82 Å². The smallest absolute Gasteiger partial charge is 0.271 e. The number of carbonyl (C=O) groups is 1. The standard InChI is InChI=1S/C22H14FN3O2S/c23-16-11-12-18-17(13-16)19(27)26-21(24-18)29-22(20(28)25-26,14-7-3-1-4-8-14)15-9-5-2-6-10-15/h1-13H,(H,25,28). The number of amides is 1. The van der Waals surface area contributed by atoms with Gasteiger partial charge in [0.1, 0.15) is 5.82 Å². The van der Waals surface area contributed by atoms with Gasteiger partial charge in [0.25, 0.3) is 11.5 Å². The highest BCUT2D eigenvalue weighted by molar-refractivity contribution is 8.01. The van der Waals surface area contributed by atoms with E-state index in [1.807, 2.05) is 60.7 Å². The molecule has 2 heterocycles. The zero-order valence-electron chi connectivity index (χ0n) is 15.0. The van der Waals surface area contributed by atoms with Crippen LogP contribution in [0.15, 0.2) is 88.8 Å². The summed E-state index contributed by atoms with van der Waals surface area (Å²) in [5.41, 5.74) is 4.09. The third-order valence-electron chi connectivity index (χ3n) is 4.94. The molecule has 142 valence electrons. The van der Waals surface area contributed by atoms with E-state index in [9.17, 15) is 14.0 Å². The maximum atomic E-state index is 13.6. The first-order valence-electron chi connectivity index (χ1n) is 8.93. The van der Waals surface area contributed by atoms with Crippen LogP contribution in [0.5, 0.6) is 0 Å². The first-order valence-corrected chi connectivity index (χ1v) is 9.75. The summed E-state index contributed by atoms with van der Waals surface area (Å²) < 4.78 is 13.6. The molecule has 0 aliphatic carbocycles. The molecule has 1 aromatic heterocycles. The summed E-state index contributed by atoms with van der Waals surface area (Å²) in [6.45, 7) is 0. The highest BCUT2D eigenvalue weighted by Gasteiger charge is 2.47.